The number of benzene rings is 2. The molecule has 0 N–H and O–H groups in total. The molecule has 0 spiro atoms. The molecule has 0 fully saturated rings. The first-order valence-electron chi connectivity index (χ1n) is 6.96. The van der Waals surface area contributed by atoms with Crippen LogP contribution in [0.5, 0.6) is 0 Å². The minimum absolute atomic E-state index is 0.358. The van der Waals surface area contributed by atoms with Crippen LogP contribution in [0.1, 0.15) is 28.2 Å². The zero-order valence-electron chi connectivity index (χ0n) is 11.7. The van der Waals surface area contributed by atoms with Crippen molar-refractivity contribution >= 4 is 11.6 Å². The maximum atomic E-state index is 3.80. The predicted octanol–water partition coefficient (Wildman–Crippen LogP) is 5.38. The first-order chi connectivity index (χ1) is 9.78. The largest absolute Gasteiger partial charge is 0.0985 e. The van der Waals surface area contributed by atoms with Crippen LogP contribution in [0.25, 0.3) is 11.6 Å². The molecule has 0 amide bonds. The molecule has 98 valence electrons. The van der Waals surface area contributed by atoms with Crippen molar-refractivity contribution in [1.82, 2.24) is 0 Å². The summed E-state index contributed by atoms with van der Waals surface area (Å²) in [7, 11) is 0. The zero-order valence-corrected chi connectivity index (χ0v) is 11.7. The smallest absolute Gasteiger partial charge is 0.0278 e. The van der Waals surface area contributed by atoms with Gasteiger partial charge in [-0.25, -0.2) is 0 Å². The molecule has 0 nitrogen and oxygen atoms in total. The van der Waals surface area contributed by atoms with E-state index in [9.17, 15) is 0 Å². The molecule has 1 aliphatic carbocycles. The fraction of sp³-hybridized carbons (Fsp3) is 0.100. The summed E-state index contributed by atoms with van der Waals surface area (Å²) in [5.74, 6) is 0.358. The summed E-state index contributed by atoms with van der Waals surface area (Å²) in [6.45, 7) is 5.93. The highest BCUT2D eigenvalue weighted by atomic mass is 14.2. The molecule has 1 unspecified atom stereocenters. The maximum Gasteiger partial charge on any atom is 0.0278 e. The summed E-state index contributed by atoms with van der Waals surface area (Å²) < 4.78 is 0. The molecular weight excluding hydrogens is 240 g/mol. The molecule has 1 aliphatic rings. The standard InChI is InChI=1S/C20H18/c1-3-16-9-13-18(14-10-16)20-6-4-5-19(20)17-11-7-15(2)8-12-17/h3-14,20H,1H2,2H3. The molecule has 0 heteroatoms. The highest BCUT2D eigenvalue weighted by Gasteiger charge is 2.18. The second kappa shape index (κ2) is 5.34. The molecule has 0 saturated heterocycles. The number of hydrogen-bond donors (Lipinski definition) is 0. The zero-order chi connectivity index (χ0) is 13.9. The number of rotatable bonds is 3. The van der Waals surface area contributed by atoms with Gasteiger partial charge in [0.25, 0.3) is 0 Å². The molecule has 20 heavy (non-hydrogen) atoms. The molecule has 3 rings (SSSR count). The van der Waals surface area contributed by atoms with Gasteiger partial charge in [0.2, 0.25) is 0 Å². The van der Waals surface area contributed by atoms with E-state index in [0.717, 1.165) is 5.56 Å². The second-order valence-corrected chi connectivity index (χ2v) is 5.22. The monoisotopic (exact) mass is 258 g/mol. The van der Waals surface area contributed by atoms with Gasteiger partial charge in [-0.05, 0) is 29.2 Å². The van der Waals surface area contributed by atoms with Crippen LogP contribution in [0.4, 0.5) is 0 Å². The van der Waals surface area contributed by atoms with E-state index in [4.69, 9.17) is 0 Å². The van der Waals surface area contributed by atoms with Gasteiger partial charge < -0.3 is 0 Å². The third-order valence-corrected chi connectivity index (χ3v) is 3.83. The normalized spacial score (nSPS) is 17.1. The van der Waals surface area contributed by atoms with Gasteiger partial charge in [-0.3, -0.25) is 0 Å². The average Bonchev–Trinajstić information content (AvgIpc) is 2.97. The molecule has 0 saturated carbocycles. The Balaban J connectivity index is 1.93. The predicted molar refractivity (Wildman–Crippen MR) is 87.6 cm³/mol. The number of aryl methyl sites for hydroxylation is 1. The first-order valence-corrected chi connectivity index (χ1v) is 6.96. The lowest BCUT2D eigenvalue weighted by Crippen LogP contribution is -1.97. The van der Waals surface area contributed by atoms with Gasteiger partial charge >= 0.3 is 0 Å². The van der Waals surface area contributed by atoms with Crippen molar-refractivity contribution < 1.29 is 0 Å². The van der Waals surface area contributed by atoms with E-state index in [1.165, 1.54) is 22.3 Å². The number of allylic oxidation sites excluding steroid dienone is 4. The Hall–Kier alpha value is -2.34. The van der Waals surface area contributed by atoms with Crippen LogP contribution < -0.4 is 0 Å². The Bertz CT molecular complexity index is 667. The van der Waals surface area contributed by atoms with Gasteiger partial charge in [0.15, 0.2) is 0 Å². The summed E-state index contributed by atoms with van der Waals surface area (Å²) >= 11 is 0. The molecule has 2 aromatic carbocycles. The van der Waals surface area contributed by atoms with E-state index in [2.05, 4.69) is 80.3 Å². The van der Waals surface area contributed by atoms with E-state index in [-0.39, 0.29) is 0 Å². The fourth-order valence-corrected chi connectivity index (χ4v) is 2.63. The van der Waals surface area contributed by atoms with Crippen LogP contribution in [-0.2, 0) is 0 Å². The van der Waals surface area contributed by atoms with Gasteiger partial charge in [-0.1, -0.05) is 85.0 Å². The van der Waals surface area contributed by atoms with Crippen LogP contribution >= 0.6 is 0 Å². The Morgan fingerprint density at radius 1 is 0.950 bits per heavy atom. The third kappa shape index (κ3) is 2.37. The van der Waals surface area contributed by atoms with E-state index in [0.29, 0.717) is 5.92 Å². The van der Waals surface area contributed by atoms with Gasteiger partial charge in [-0.15, -0.1) is 0 Å². The minimum Gasteiger partial charge on any atom is -0.0985 e. The molecular formula is C20H18. The molecule has 0 aromatic heterocycles. The second-order valence-electron chi connectivity index (χ2n) is 5.22. The Morgan fingerprint density at radius 2 is 1.65 bits per heavy atom. The van der Waals surface area contributed by atoms with Crippen molar-refractivity contribution in [1.29, 1.82) is 0 Å². The van der Waals surface area contributed by atoms with Crippen molar-refractivity contribution in [2.75, 3.05) is 0 Å². The molecule has 2 aromatic rings. The van der Waals surface area contributed by atoms with Crippen LogP contribution in [-0.4, -0.2) is 0 Å². The molecule has 0 bridgehead atoms. The maximum absolute atomic E-state index is 3.80. The van der Waals surface area contributed by atoms with E-state index < -0.39 is 0 Å². The van der Waals surface area contributed by atoms with Crippen molar-refractivity contribution in [3.05, 3.63) is 95.6 Å². The molecule has 0 heterocycles. The van der Waals surface area contributed by atoms with Gasteiger partial charge in [0.1, 0.15) is 0 Å². The first kappa shape index (κ1) is 12.7. The summed E-state index contributed by atoms with van der Waals surface area (Å²) in [5.41, 5.74) is 6.47. The van der Waals surface area contributed by atoms with E-state index in [1.807, 2.05) is 6.08 Å². The van der Waals surface area contributed by atoms with Gasteiger partial charge in [0, 0.05) is 5.92 Å². The van der Waals surface area contributed by atoms with Gasteiger partial charge in [0.05, 0.1) is 0 Å². The molecule has 0 radical (unpaired) electrons. The van der Waals surface area contributed by atoms with Crippen molar-refractivity contribution in [2.24, 2.45) is 0 Å². The van der Waals surface area contributed by atoms with Crippen LogP contribution in [0, 0.1) is 6.92 Å². The number of hydrogen-bond acceptors (Lipinski definition) is 0. The van der Waals surface area contributed by atoms with Crippen molar-refractivity contribution in [2.45, 2.75) is 12.8 Å². The highest BCUT2D eigenvalue weighted by Crippen LogP contribution is 2.37. The lowest BCUT2D eigenvalue weighted by molar-refractivity contribution is 1.12. The summed E-state index contributed by atoms with van der Waals surface area (Å²) in [6.07, 6.45) is 8.51. The van der Waals surface area contributed by atoms with Gasteiger partial charge in [-0.2, -0.15) is 0 Å². The lowest BCUT2D eigenvalue weighted by Gasteiger charge is -2.15. The summed E-state index contributed by atoms with van der Waals surface area (Å²) in [4.78, 5) is 0. The van der Waals surface area contributed by atoms with Crippen LogP contribution in [0.3, 0.4) is 0 Å². The fourth-order valence-electron chi connectivity index (χ4n) is 2.63. The quantitative estimate of drug-likeness (QED) is 0.693. The topological polar surface area (TPSA) is 0 Å². The lowest BCUT2D eigenvalue weighted by atomic mass is 9.88. The van der Waals surface area contributed by atoms with Crippen molar-refractivity contribution in [3.63, 3.8) is 0 Å². The summed E-state index contributed by atoms with van der Waals surface area (Å²) in [6, 6.07) is 17.4. The minimum atomic E-state index is 0.358. The summed E-state index contributed by atoms with van der Waals surface area (Å²) in [5, 5.41) is 0. The third-order valence-electron chi connectivity index (χ3n) is 3.83. The highest BCUT2D eigenvalue weighted by molar-refractivity contribution is 5.77. The van der Waals surface area contributed by atoms with E-state index in [1.54, 1.807) is 0 Å². The van der Waals surface area contributed by atoms with Crippen LogP contribution in [0.2, 0.25) is 0 Å². The van der Waals surface area contributed by atoms with E-state index >= 15 is 0 Å². The average molecular weight is 258 g/mol. The molecule has 1 atom stereocenters. The van der Waals surface area contributed by atoms with Crippen LogP contribution in [0.15, 0.2) is 73.3 Å². The Morgan fingerprint density at radius 3 is 2.30 bits per heavy atom. The molecule has 0 aliphatic heterocycles. The Kier molecular flexibility index (Phi) is 3.39. The Labute approximate surface area is 120 Å². The van der Waals surface area contributed by atoms with Crippen molar-refractivity contribution in [3.8, 4) is 0 Å². The SMILES string of the molecule is C=Cc1ccc(C2C=CC=C2c2ccc(C)cc2)cc1.